The van der Waals surface area contributed by atoms with Crippen molar-refractivity contribution in [3.8, 4) is 17.1 Å². The first kappa shape index (κ1) is 27.1. The van der Waals surface area contributed by atoms with E-state index in [4.69, 9.17) is 19.4 Å². The van der Waals surface area contributed by atoms with E-state index in [1.165, 1.54) is 5.39 Å². The van der Waals surface area contributed by atoms with E-state index in [0.717, 1.165) is 81.9 Å². The fourth-order valence-corrected chi connectivity index (χ4v) is 7.71. The highest BCUT2D eigenvalue weighted by molar-refractivity contribution is 6.19. The maximum atomic E-state index is 6.42. The summed E-state index contributed by atoms with van der Waals surface area (Å²) in [6.07, 6.45) is 0. The summed E-state index contributed by atoms with van der Waals surface area (Å²) in [6, 6.07) is 55.3. The van der Waals surface area contributed by atoms with Gasteiger partial charge in [0.25, 0.3) is 0 Å². The molecule has 0 aliphatic rings. The van der Waals surface area contributed by atoms with Gasteiger partial charge in [-0.3, -0.25) is 0 Å². The maximum Gasteiger partial charge on any atom is 0.164 e. The van der Waals surface area contributed by atoms with Gasteiger partial charge < -0.3 is 8.98 Å². The first-order valence-electron chi connectivity index (χ1n) is 16.8. The van der Waals surface area contributed by atoms with Crippen LogP contribution in [-0.4, -0.2) is 19.5 Å². The monoisotopic (exact) mass is 638 g/mol. The average molecular weight is 639 g/mol. The van der Waals surface area contributed by atoms with Crippen LogP contribution in [0.3, 0.4) is 0 Å². The van der Waals surface area contributed by atoms with Gasteiger partial charge in [-0.05, 0) is 82.2 Å². The van der Waals surface area contributed by atoms with Crippen LogP contribution in [0.15, 0.2) is 162 Å². The molecule has 0 aliphatic carbocycles. The largest absolute Gasteiger partial charge is 0.456 e. The lowest BCUT2D eigenvalue weighted by Gasteiger charge is -2.08. The summed E-state index contributed by atoms with van der Waals surface area (Å²) in [5.74, 6) is 0.620. The van der Waals surface area contributed by atoms with Crippen molar-refractivity contribution in [3.63, 3.8) is 0 Å². The number of fused-ring (bicyclic) bond motifs is 13. The molecule has 5 nitrogen and oxygen atoms in total. The molecule has 6 bridgehead atoms. The molecule has 0 saturated carbocycles. The van der Waals surface area contributed by atoms with Crippen LogP contribution in [0.5, 0.6) is 0 Å². The molecule has 5 heteroatoms. The zero-order valence-electron chi connectivity index (χ0n) is 26.7. The zero-order valence-corrected chi connectivity index (χ0v) is 26.7. The lowest BCUT2D eigenvalue weighted by molar-refractivity contribution is 0.669. The first-order valence-corrected chi connectivity index (χ1v) is 16.8. The number of rotatable bonds is 2. The highest BCUT2D eigenvalue weighted by Gasteiger charge is 2.16. The fraction of sp³-hybridized carbons (Fsp3) is 0. The molecular weight excluding hydrogens is 613 g/mol. The Balaban J connectivity index is 1.29. The molecule has 232 valence electrons. The van der Waals surface area contributed by atoms with Crippen LogP contribution in [-0.2, 0) is 0 Å². The highest BCUT2D eigenvalue weighted by Crippen LogP contribution is 2.37. The van der Waals surface area contributed by atoms with Crippen molar-refractivity contribution in [2.45, 2.75) is 0 Å². The second kappa shape index (κ2) is 10.3. The predicted octanol–water partition coefficient (Wildman–Crippen LogP) is 11.7. The molecule has 0 unspecified atom stereocenters. The topological polar surface area (TPSA) is 56.7 Å². The van der Waals surface area contributed by atoms with Crippen molar-refractivity contribution < 1.29 is 4.42 Å². The van der Waals surface area contributed by atoms with Gasteiger partial charge in [0, 0.05) is 43.6 Å². The lowest BCUT2D eigenvalue weighted by atomic mass is 10.0. The van der Waals surface area contributed by atoms with Crippen molar-refractivity contribution >= 4 is 87.4 Å². The van der Waals surface area contributed by atoms with E-state index in [2.05, 4.69) is 150 Å². The number of hydrogen-bond acceptors (Lipinski definition) is 4. The van der Waals surface area contributed by atoms with Gasteiger partial charge in [-0.1, -0.05) is 97.1 Å². The van der Waals surface area contributed by atoms with Crippen molar-refractivity contribution in [1.29, 1.82) is 0 Å². The Labute approximate surface area is 285 Å². The van der Waals surface area contributed by atoms with Crippen LogP contribution >= 0.6 is 0 Å². The summed E-state index contributed by atoms with van der Waals surface area (Å²) in [5.41, 5.74) is 7.20. The van der Waals surface area contributed by atoms with Crippen LogP contribution in [0.4, 0.5) is 0 Å². The van der Waals surface area contributed by atoms with Gasteiger partial charge in [0.1, 0.15) is 11.2 Å². The Kier molecular flexibility index (Phi) is 5.60. The van der Waals surface area contributed by atoms with Gasteiger partial charge in [0.15, 0.2) is 17.1 Å². The highest BCUT2D eigenvalue weighted by atomic mass is 16.3. The number of aromatic nitrogens is 4. The van der Waals surface area contributed by atoms with Crippen LogP contribution in [0.25, 0.3) is 104 Å². The molecule has 0 spiro atoms. The number of benzene rings is 7. The van der Waals surface area contributed by atoms with Crippen molar-refractivity contribution in [2.24, 2.45) is 0 Å². The van der Waals surface area contributed by atoms with Crippen molar-refractivity contribution in [2.75, 3.05) is 0 Å². The average Bonchev–Trinajstić information content (AvgIpc) is 3.73. The van der Waals surface area contributed by atoms with Crippen LogP contribution < -0.4 is 0 Å². The minimum Gasteiger partial charge on any atom is -0.456 e. The molecule has 11 aromatic rings. The molecule has 0 N–H and O–H groups in total. The second-order valence-electron chi connectivity index (χ2n) is 12.8. The molecule has 4 aromatic heterocycles. The van der Waals surface area contributed by atoms with Crippen molar-refractivity contribution in [3.05, 3.63) is 158 Å². The summed E-state index contributed by atoms with van der Waals surface area (Å²) in [5, 5.41) is 10.7. The van der Waals surface area contributed by atoms with Gasteiger partial charge in [0.2, 0.25) is 0 Å². The van der Waals surface area contributed by atoms with Gasteiger partial charge in [0.05, 0.1) is 11.0 Å². The van der Waals surface area contributed by atoms with E-state index in [1.54, 1.807) is 0 Å². The van der Waals surface area contributed by atoms with Gasteiger partial charge in [-0.15, -0.1) is 0 Å². The van der Waals surface area contributed by atoms with Gasteiger partial charge in [-0.2, -0.15) is 0 Å². The zero-order chi connectivity index (χ0) is 32.8. The van der Waals surface area contributed by atoms with E-state index in [9.17, 15) is 0 Å². The maximum absolute atomic E-state index is 6.42. The molecule has 4 heterocycles. The molecular formula is C45H26N4O. The molecule has 0 fully saturated rings. The molecule has 0 aliphatic heterocycles. The Morgan fingerprint density at radius 3 is 1.98 bits per heavy atom. The lowest BCUT2D eigenvalue weighted by Crippen LogP contribution is -1.95. The standard InChI is InChI=1S/C45H26N4O/c1-2-12-31(13-3-1)49-38-18-7-6-16-34(38)36-26-30(20-22-39(36)49)44-46-43-29-11-8-10-27(24-29)32-14-4-5-15-33(32)28-21-23-40-37(25-28)42-35(45(47-43)48-44)17-9-19-41(42)50-40/h1-26H. The minimum atomic E-state index is 0.609. The third kappa shape index (κ3) is 3.98. The Bertz CT molecular complexity index is 3210. The Morgan fingerprint density at radius 2 is 1.10 bits per heavy atom. The van der Waals surface area contributed by atoms with Crippen LogP contribution in [0.2, 0.25) is 0 Å². The van der Waals surface area contributed by atoms with Crippen molar-refractivity contribution in [1.82, 2.24) is 19.5 Å². The van der Waals surface area contributed by atoms with Gasteiger partial charge >= 0.3 is 0 Å². The van der Waals surface area contributed by atoms with Crippen LogP contribution in [0.1, 0.15) is 0 Å². The van der Waals surface area contributed by atoms with E-state index >= 15 is 0 Å². The Morgan fingerprint density at radius 1 is 0.400 bits per heavy atom. The number of furan rings is 1. The third-order valence-electron chi connectivity index (χ3n) is 9.99. The summed E-state index contributed by atoms with van der Waals surface area (Å²) < 4.78 is 8.74. The minimum absolute atomic E-state index is 0.609. The quantitative estimate of drug-likeness (QED) is 0.189. The first-order chi connectivity index (χ1) is 24.8. The molecule has 0 amide bonds. The van der Waals surface area contributed by atoms with E-state index < -0.39 is 0 Å². The smallest absolute Gasteiger partial charge is 0.164 e. The SMILES string of the molecule is c1ccc(-n2c3ccccc3c3cc(-c4nc5nc(n4)c4cccc6oc7ccc(cc7c64)c4ccccc4c4cccc5c4)ccc32)cc1. The summed E-state index contributed by atoms with van der Waals surface area (Å²) in [6.45, 7) is 0. The van der Waals surface area contributed by atoms with E-state index in [1.807, 2.05) is 12.1 Å². The predicted molar refractivity (Wildman–Crippen MR) is 206 cm³/mol. The second-order valence-corrected chi connectivity index (χ2v) is 12.8. The fourth-order valence-electron chi connectivity index (χ4n) is 7.71. The molecule has 11 rings (SSSR count). The summed E-state index contributed by atoms with van der Waals surface area (Å²) >= 11 is 0. The van der Waals surface area contributed by atoms with E-state index in [-0.39, 0.29) is 0 Å². The Hall–Kier alpha value is -6.85. The van der Waals surface area contributed by atoms with Crippen LogP contribution in [0, 0.1) is 0 Å². The molecule has 50 heavy (non-hydrogen) atoms. The summed E-state index contributed by atoms with van der Waals surface area (Å²) in [4.78, 5) is 15.6. The number of para-hydroxylation sites is 2. The normalized spacial score (nSPS) is 12.0. The third-order valence-corrected chi connectivity index (χ3v) is 9.99. The molecule has 0 saturated heterocycles. The molecule has 0 atom stereocenters. The summed E-state index contributed by atoms with van der Waals surface area (Å²) in [7, 11) is 0. The molecule has 0 radical (unpaired) electrons. The molecule has 7 aromatic carbocycles. The van der Waals surface area contributed by atoms with E-state index in [0.29, 0.717) is 17.1 Å². The number of hydrogen-bond donors (Lipinski definition) is 0. The van der Waals surface area contributed by atoms with Gasteiger partial charge in [-0.25, -0.2) is 15.0 Å². The number of nitrogens with zero attached hydrogens (tertiary/aromatic N) is 4.